The van der Waals surface area contributed by atoms with Crippen molar-refractivity contribution < 1.29 is 9.90 Å². The molecule has 20 heavy (non-hydrogen) atoms. The fourth-order valence-corrected chi connectivity index (χ4v) is 3.15. The van der Waals surface area contributed by atoms with Crippen molar-refractivity contribution in [3.05, 3.63) is 28.7 Å². The van der Waals surface area contributed by atoms with E-state index in [1.807, 2.05) is 0 Å². The Morgan fingerprint density at radius 2 is 1.95 bits per heavy atom. The van der Waals surface area contributed by atoms with Crippen molar-refractivity contribution in [3.63, 3.8) is 0 Å². The van der Waals surface area contributed by atoms with Crippen molar-refractivity contribution >= 4 is 23.2 Å². The summed E-state index contributed by atoms with van der Waals surface area (Å²) in [4.78, 5) is 11.1. The molecule has 3 rings (SSSR count). The third-order valence-electron chi connectivity index (χ3n) is 3.95. The van der Waals surface area contributed by atoms with Crippen LogP contribution in [0.4, 0.5) is 0 Å². The normalized spacial score (nSPS) is 17.2. The molecule has 0 bridgehead atoms. The number of nitrogens with zero attached hydrogens (tertiary/aromatic N) is 3. The van der Waals surface area contributed by atoms with Crippen molar-refractivity contribution in [3.8, 4) is 0 Å². The molecule has 0 spiro atoms. The average molecular weight is 294 g/mol. The molecule has 106 valence electrons. The fraction of sp³-hybridized carbons (Fsp3) is 0.500. The third-order valence-corrected chi connectivity index (χ3v) is 4.23. The lowest BCUT2D eigenvalue weighted by atomic mass is 9.99. The van der Waals surface area contributed by atoms with Crippen LogP contribution >= 0.6 is 11.6 Å². The van der Waals surface area contributed by atoms with E-state index < -0.39 is 5.97 Å². The number of carboxylic acids is 1. The summed E-state index contributed by atoms with van der Waals surface area (Å²) in [6.45, 7) is 0. The van der Waals surface area contributed by atoms with Crippen LogP contribution in [0, 0.1) is 0 Å². The molecule has 0 saturated heterocycles. The number of fused-ring (bicyclic) bond motifs is 1. The second-order valence-electron chi connectivity index (χ2n) is 5.32. The van der Waals surface area contributed by atoms with E-state index in [9.17, 15) is 4.79 Å². The van der Waals surface area contributed by atoms with E-state index in [1.165, 1.54) is 31.7 Å². The molecule has 6 heteroatoms. The van der Waals surface area contributed by atoms with Gasteiger partial charge < -0.3 is 5.11 Å². The van der Waals surface area contributed by atoms with Crippen molar-refractivity contribution in [1.82, 2.24) is 14.6 Å². The molecular weight excluding hydrogens is 278 g/mol. The lowest BCUT2D eigenvalue weighted by molar-refractivity contribution is 0.0696. The van der Waals surface area contributed by atoms with Crippen LogP contribution < -0.4 is 0 Å². The first kappa shape index (κ1) is 13.4. The van der Waals surface area contributed by atoms with Crippen LogP contribution in [0.3, 0.4) is 0 Å². The molecule has 0 radical (unpaired) electrons. The summed E-state index contributed by atoms with van der Waals surface area (Å²) in [5.74, 6) is 0.189. The highest BCUT2D eigenvalue weighted by Gasteiger charge is 2.21. The summed E-state index contributed by atoms with van der Waals surface area (Å²) in [5.41, 5.74) is 0.702. The van der Waals surface area contributed by atoms with Gasteiger partial charge in [-0.15, -0.1) is 10.2 Å². The molecule has 0 atom stereocenters. The number of hydrogen-bond donors (Lipinski definition) is 1. The molecule has 1 N–H and O–H groups in total. The standard InChI is InChI=1S/C14H16ClN3O2/c15-11-7-10(14(19)20)8-18-12(16-17-13(11)18)9-5-3-1-2-4-6-9/h7-9H,1-6H2,(H,19,20). The molecule has 5 nitrogen and oxygen atoms in total. The SMILES string of the molecule is O=C(O)c1cc(Cl)c2nnc(C3CCCCCC3)n2c1. The van der Waals surface area contributed by atoms with Gasteiger partial charge in [0, 0.05) is 12.1 Å². The second kappa shape index (κ2) is 5.40. The molecule has 2 aromatic rings. The first-order valence-corrected chi connectivity index (χ1v) is 7.32. The van der Waals surface area contributed by atoms with Crippen molar-refractivity contribution in [1.29, 1.82) is 0 Å². The van der Waals surface area contributed by atoms with Crippen LogP contribution in [0.15, 0.2) is 12.3 Å². The van der Waals surface area contributed by atoms with Gasteiger partial charge in [-0.2, -0.15) is 0 Å². The van der Waals surface area contributed by atoms with Gasteiger partial charge in [0.2, 0.25) is 0 Å². The number of hydrogen-bond acceptors (Lipinski definition) is 3. The number of halogens is 1. The second-order valence-corrected chi connectivity index (χ2v) is 5.73. The zero-order valence-corrected chi connectivity index (χ0v) is 11.8. The molecule has 0 aromatic carbocycles. The summed E-state index contributed by atoms with van der Waals surface area (Å²) in [6, 6.07) is 1.42. The Balaban J connectivity index is 2.08. The molecule has 1 saturated carbocycles. The number of aromatic carboxylic acids is 1. The van der Waals surface area contributed by atoms with Crippen molar-refractivity contribution in [2.75, 3.05) is 0 Å². The lowest BCUT2D eigenvalue weighted by Gasteiger charge is -2.12. The Labute approximate surface area is 121 Å². The Kier molecular flexibility index (Phi) is 3.61. The van der Waals surface area contributed by atoms with E-state index in [4.69, 9.17) is 16.7 Å². The van der Waals surface area contributed by atoms with Crippen LogP contribution in [-0.4, -0.2) is 25.7 Å². The minimum Gasteiger partial charge on any atom is -0.478 e. The number of aromatic nitrogens is 3. The molecule has 0 aliphatic heterocycles. The van der Waals surface area contributed by atoms with Gasteiger partial charge in [0.25, 0.3) is 0 Å². The van der Waals surface area contributed by atoms with Crippen molar-refractivity contribution in [2.45, 2.75) is 44.4 Å². The number of carbonyl (C=O) groups is 1. The Bertz CT molecular complexity index is 645. The van der Waals surface area contributed by atoms with Gasteiger partial charge in [0.05, 0.1) is 10.6 Å². The Morgan fingerprint density at radius 1 is 1.25 bits per heavy atom. The van der Waals surface area contributed by atoms with Gasteiger partial charge in [0.15, 0.2) is 5.65 Å². The van der Waals surface area contributed by atoms with Gasteiger partial charge in [-0.1, -0.05) is 37.3 Å². The number of pyridine rings is 1. The molecule has 2 heterocycles. The fourth-order valence-electron chi connectivity index (χ4n) is 2.90. The van der Waals surface area contributed by atoms with E-state index in [2.05, 4.69) is 10.2 Å². The monoisotopic (exact) mass is 293 g/mol. The first-order valence-electron chi connectivity index (χ1n) is 6.94. The van der Waals surface area contributed by atoms with Crippen LogP contribution in [0.25, 0.3) is 5.65 Å². The van der Waals surface area contributed by atoms with E-state index in [1.54, 1.807) is 10.6 Å². The average Bonchev–Trinajstić information content (AvgIpc) is 2.67. The molecule has 2 aromatic heterocycles. The zero-order chi connectivity index (χ0) is 14.1. The molecule has 1 fully saturated rings. The highest BCUT2D eigenvalue weighted by atomic mass is 35.5. The van der Waals surface area contributed by atoms with Crippen LogP contribution in [-0.2, 0) is 0 Å². The summed E-state index contributed by atoms with van der Waals surface area (Å²) < 4.78 is 1.75. The van der Waals surface area contributed by atoms with E-state index in [-0.39, 0.29) is 5.56 Å². The van der Waals surface area contributed by atoms with Crippen molar-refractivity contribution in [2.24, 2.45) is 0 Å². The van der Waals surface area contributed by atoms with Gasteiger partial charge >= 0.3 is 5.97 Å². The lowest BCUT2D eigenvalue weighted by Crippen LogP contribution is -2.06. The maximum atomic E-state index is 11.1. The maximum Gasteiger partial charge on any atom is 0.337 e. The third kappa shape index (κ3) is 2.38. The summed E-state index contributed by atoms with van der Waals surface area (Å²) in [5, 5.41) is 17.8. The minimum absolute atomic E-state index is 0.164. The van der Waals surface area contributed by atoms with Crippen LogP contribution in [0.5, 0.6) is 0 Å². The highest BCUT2D eigenvalue weighted by Crippen LogP contribution is 2.31. The minimum atomic E-state index is -0.991. The Hall–Kier alpha value is -1.62. The van der Waals surface area contributed by atoms with Gasteiger partial charge in [-0.05, 0) is 18.9 Å². The predicted molar refractivity (Wildman–Crippen MR) is 75.4 cm³/mol. The number of rotatable bonds is 2. The highest BCUT2D eigenvalue weighted by molar-refractivity contribution is 6.33. The topological polar surface area (TPSA) is 67.5 Å². The largest absolute Gasteiger partial charge is 0.478 e. The van der Waals surface area contributed by atoms with Gasteiger partial charge in [0.1, 0.15) is 5.82 Å². The molecule has 0 unspecified atom stereocenters. The molecule has 1 aliphatic carbocycles. The van der Waals surface area contributed by atoms with Crippen LogP contribution in [0.2, 0.25) is 5.02 Å². The summed E-state index contributed by atoms with van der Waals surface area (Å²) >= 11 is 6.10. The van der Waals surface area contributed by atoms with Crippen LogP contribution in [0.1, 0.15) is 60.6 Å². The molecule has 1 aliphatic rings. The molecular formula is C14H16ClN3O2. The Morgan fingerprint density at radius 3 is 2.60 bits per heavy atom. The van der Waals surface area contributed by atoms with E-state index in [0.29, 0.717) is 16.6 Å². The quantitative estimate of drug-likeness (QED) is 0.860. The first-order chi connectivity index (χ1) is 9.66. The predicted octanol–water partition coefficient (Wildman–Crippen LogP) is 3.52. The maximum absolute atomic E-state index is 11.1. The smallest absolute Gasteiger partial charge is 0.337 e. The van der Waals surface area contributed by atoms with E-state index >= 15 is 0 Å². The number of carboxylic acid groups (broad SMARTS) is 1. The van der Waals surface area contributed by atoms with E-state index in [0.717, 1.165) is 18.7 Å². The summed E-state index contributed by atoms with van der Waals surface area (Å²) in [7, 11) is 0. The molecule has 0 amide bonds. The van der Waals surface area contributed by atoms with Gasteiger partial charge in [-0.3, -0.25) is 4.40 Å². The summed E-state index contributed by atoms with van der Waals surface area (Å²) in [6.07, 6.45) is 8.62. The van der Waals surface area contributed by atoms with Gasteiger partial charge in [-0.25, -0.2) is 4.79 Å². The zero-order valence-electron chi connectivity index (χ0n) is 11.0.